The topological polar surface area (TPSA) is 58.9 Å². The second kappa shape index (κ2) is 3.05. The molecule has 66 valence electrons. The number of azo groups is 1. The van der Waals surface area contributed by atoms with Crippen molar-refractivity contribution < 1.29 is 9.59 Å². The number of hydrogen-bond acceptors (Lipinski definition) is 3. The molecule has 1 aliphatic heterocycles. The Hall–Kier alpha value is -1.58. The van der Waals surface area contributed by atoms with E-state index in [9.17, 15) is 9.59 Å². The van der Waals surface area contributed by atoms with Gasteiger partial charge in [-0.25, -0.2) is 0 Å². The van der Waals surface area contributed by atoms with E-state index >= 15 is 0 Å². The normalized spacial score (nSPS) is 26.8. The summed E-state index contributed by atoms with van der Waals surface area (Å²) in [7, 11) is 0. The number of amides is 1. The number of rotatable bonds is 0. The Kier molecular flexibility index (Phi) is 1.88. The van der Waals surface area contributed by atoms with Crippen molar-refractivity contribution in [1.29, 1.82) is 0 Å². The molecule has 0 spiro atoms. The largest absolute Gasteiger partial charge is 0.294 e. The Morgan fingerprint density at radius 1 is 1.31 bits per heavy atom. The molecule has 0 aromatic heterocycles. The van der Waals surface area contributed by atoms with Crippen molar-refractivity contribution in [2.45, 2.75) is 12.8 Å². The molecule has 2 rings (SSSR count). The van der Waals surface area contributed by atoms with Gasteiger partial charge in [-0.3, -0.25) is 9.59 Å². The minimum atomic E-state index is -0.250. The minimum absolute atomic E-state index is 0.0196. The Bertz CT molecular complexity index is 353. The van der Waals surface area contributed by atoms with E-state index in [1.807, 2.05) is 0 Å². The average Bonchev–Trinajstić information content (AvgIpc) is 2.30. The summed E-state index contributed by atoms with van der Waals surface area (Å²) in [6.07, 6.45) is 5.72. The first kappa shape index (κ1) is 8.04. The van der Waals surface area contributed by atoms with Crippen LogP contribution in [0.5, 0.6) is 0 Å². The number of hydrogen-bond donors (Lipinski definition) is 0. The van der Waals surface area contributed by atoms with Gasteiger partial charge in [-0.1, -0.05) is 6.08 Å². The molecular weight excluding hydrogens is 168 g/mol. The van der Waals surface area contributed by atoms with Crippen molar-refractivity contribution in [1.82, 2.24) is 0 Å². The third-order valence-electron chi connectivity index (χ3n) is 2.15. The van der Waals surface area contributed by atoms with E-state index in [1.165, 1.54) is 6.08 Å². The SMILES string of the molecule is O=C1CCC2C(=O)C=CC=C2N=N1. The van der Waals surface area contributed by atoms with Crippen molar-refractivity contribution >= 4 is 11.7 Å². The summed E-state index contributed by atoms with van der Waals surface area (Å²) in [5.41, 5.74) is 0.610. The molecule has 0 radical (unpaired) electrons. The van der Waals surface area contributed by atoms with Gasteiger partial charge in [0.2, 0.25) is 0 Å². The van der Waals surface area contributed by atoms with E-state index in [1.54, 1.807) is 12.2 Å². The molecule has 13 heavy (non-hydrogen) atoms. The summed E-state index contributed by atoms with van der Waals surface area (Å²) in [4.78, 5) is 22.3. The van der Waals surface area contributed by atoms with Gasteiger partial charge in [-0.15, -0.1) is 5.11 Å². The first-order valence-electron chi connectivity index (χ1n) is 4.14. The second-order valence-electron chi connectivity index (χ2n) is 3.04. The van der Waals surface area contributed by atoms with Gasteiger partial charge in [0.05, 0.1) is 11.6 Å². The fourth-order valence-electron chi connectivity index (χ4n) is 1.44. The van der Waals surface area contributed by atoms with Gasteiger partial charge in [-0.2, -0.15) is 5.11 Å². The molecule has 1 unspecified atom stereocenters. The van der Waals surface area contributed by atoms with Crippen molar-refractivity contribution in [3.8, 4) is 0 Å². The quantitative estimate of drug-likeness (QED) is 0.560. The van der Waals surface area contributed by atoms with Crippen LogP contribution in [0.4, 0.5) is 0 Å². The maximum Gasteiger partial charge on any atom is 0.264 e. The van der Waals surface area contributed by atoms with Gasteiger partial charge in [-0.05, 0) is 18.6 Å². The van der Waals surface area contributed by atoms with Crippen LogP contribution in [0.3, 0.4) is 0 Å². The molecule has 0 N–H and O–H groups in total. The lowest BCUT2D eigenvalue weighted by Gasteiger charge is -2.12. The van der Waals surface area contributed by atoms with E-state index in [0.29, 0.717) is 18.5 Å². The first-order valence-corrected chi connectivity index (χ1v) is 4.14. The van der Waals surface area contributed by atoms with E-state index in [-0.39, 0.29) is 17.6 Å². The highest BCUT2D eigenvalue weighted by Gasteiger charge is 2.26. The predicted octanol–water partition coefficient (Wildman–Crippen LogP) is 1.40. The van der Waals surface area contributed by atoms with Crippen LogP contribution < -0.4 is 0 Å². The fraction of sp³-hybridized carbons (Fsp3) is 0.333. The number of carbonyl (C=O) groups excluding carboxylic acids is 2. The van der Waals surface area contributed by atoms with Crippen molar-refractivity contribution in [2.24, 2.45) is 16.1 Å². The molecular formula is C9H8N2O2. The molecule has 1 aliphatic carbocycles. The number of carbonyl (C=O) groups is 2. The monoisotopic (exact) mass is 176 g/mol. The van der Waals surface area contributed by atoms with Crippen molar-refractivity contribution in [3.05, 3.63) is 23.9 Å². The van der Waals surface area contributed by atoms with Gasteiger partial charge in [0, 0.05) is 6.42 Å². The van der Waals surface area contributed by atoms with Crippen LogP contribution in [0.2, 0.25) is 0 Å². The third kappa shape index (κ3) is 1.47. The molecule has 0 saturated heterocycles. The highest BCUT2D eigenvalue weighted by atomic mass is 16.1. The van der Waals surface area contributed by atoms with Crippen LogP contribution >= 0.6 is 0 Å². The highest BCUT2D eigenvalue weighted by molar-refractivity contribution is 5.95. The molecule has 0 fully saturated rings. The Morgan fingerprint density at radius 2 is 2.15 bits per heavy atom. The van der Waals surface area contributed by atoms with Gasteiger partial charge in [0.25, 0.3) is 5.91 Å². The zero-order chi connectivity index (χ0) is 9.26. The minimum Gasteiger partial charge on any atom is -0.294 e. The summed E-state index contributed by atoms with van der Waals surface area (Å²) in [6.45, 7) is 0. The lowest BCUT2D eigenvalue weighted by atomic mass is 9.91. The van der Waals surface area contributed by atoms with Crippen LogP contribution in [0.1, 0.15) is 12.8 Å². The lowest BCUT2D eigenvalue weighted by molar-refractivity contribution is -0.119. The Morgan fingerprint density at radius 3 is 3.00 bits per heavy atom. The van der Waals surface area contributed by atoms with Crippen LogP contribution in [0.25, 0.3) is 0 Å². The first-order chi connectivity index (χ1) is 6.27. The molecule has 0 aromatic rings. The van der Waals surface area contributed by atoms with Crippen molar-refractivity contribution in [3.63, 3.8) is 0 Å². The molecule has 0 aromatic carbocycles. The fourth-order valence-corrected chi connectivity index (χ4v) is 1.44. The molecule has 4 nitrogen and oxygen atoms in total. The third-order valence-corrected chi connectivity index (χ3v) is 2.15. The van der Waals surface area contributed by atoms with Crippen LogP contribution in [-0.2, 0) is 9.59 Å². The number of ketones is 1. The molecule has 2 aliphatic rings. The summed E-state index contributed by atoms with van der Waals surface area (Å²) in [5, 5.41) is 7.22. The maximum absolute atomic E-state index is 11.3. The average molecular weight is 176 g/mol. The van der Waals surface area contributed by atoms with E-state index in [4.69, 9.17) is 0 Å². The summed E-state index contributed by atoms with van der Waals surface area (Å²) >= 11 is 0. The van der Waals surface area contributed by atoms with E-state index in [0.717, 1.165) is 0 Å². The summed E-state index contributed by atoms with van der Waals surface area (Å²) in [5.74, 6) is -0.477. The summed E-state index contributed by atoms with van der Waals surface area (Å²) in [6, 6.07) is 0. The number of fused-ring (bicyclic) bond motifs is 1. The van der Waals surface area contributed by atoms with Gasteiger partial charge in [0.1, 0.15) is 0 Å². The van der Waals surface area contributed by atoms with E-state index in [2.05, 4.69) is 10.2 Å². The van der Waals surface area contributed by atoms with Crippen LogP contribution in [-0.4, -0.2) is 11.7 Å². The van der Waals surface area contributed by atoms with Gasteiger partial charge < -0.3 is 0 Å². The number of nitrogens with zero attached hydrogens (tertiary/aromatic N) is 2. The standard InChI is InChI=1S/C9H8N2O2/c12-8-3-1-2-7-6(8)4-5-9(13)11-10-7/h1-3,6H,4-5H2. The zero-order valence-corrected chi connectivity index (χ0v) is 6.93. The molecule has 1 atom stereocenters. The smallest absolute Gasteiger partial charge is 0.264 e. The Balaban J connectivity index is 2.34. The summed E-state index contributed by atoms with van der Waals surface area (Å²) < 4.78 is 0. The predicted molar refractivity (Wildman–Crippen MR) is 44.8 cm³/mol. The Labute approximate surface area is 75.0 Å². The van der Waals surface area contributed by atoms with Gasteiger partial charge in [0.15, 0.2) is 5.78 Å². The maximum atomic E-state index is 11.3. The second-order valence-corrected chi connectivity index (χ2v) is 3.04. The van der Waals surface area contributed by atoms with Crippen LogP contribution in [0, 0.1) is 5.92 Å². The molecule has 0 saturated carbocycles. The molecule has 1 amide bonds. The van der Waals surface area contributed by atoms with Gasteiger partial charge >= 0.3 is 0 Å². The number of allylic oxidation sites excluding steroid dienone is 4. The van der Waals surface area contributed by atoms with E-state index < -0.39 is 0 Å². The van der Waals surface area contributed by atoms with Crippen LogP contribution in [0.15, 0.2) is 34.2 Å². The lowest BCUT2D eigenvalue weighted by Crippen LogP contribution is -2.15. The molecule has 0 bridgehead atoms. The molecule has 1 heterocycles. The zero-order valence-electron chi connectivity index (χ0n) is 6.93. The highest BCUT2D eigenvalue weighted by Crippen LogP contribution is 2.26. The molecule has 4 heteroatoms. The van der Waals surface area contributed by atoms with Crippen molar-refractivity contribution in [2.75, 3.05) is 0 Å².